The highest BCUT2D eigenvalue weighted by atomic mass is 16.5. The van der Waals surface area contributed by atoms with Gasteiger partial charge in [0.2, 0.25) is 0 Å². The van der Waals surface area contributed by atoms with Crippen molar-refractivity contribution >= 4 is 18.2 Å². The number of fused-ring (bicyclic) bond motifs is 2. The van der Waals surface area contributed by atoms with Gasteiger partial charge in [-0.1, -0.05) is 23.3 Å². The number of carboxylic acid groups (broad SMARTS) is 1. The third kappa shape index (κ3) is 2.54. The van der Waals surface area contributed by atoms with Crippen molar-refractivity contribution in [3.05, 3.63) is 46.5 Å². The third-order valence-corrected chi connectivity index (χ3v) is 5.66. The Bertz CT molecular complexity index is 731. The van der Waals surface area contributed by atoms with Gasteiger partial charge in [0.15, 0.2) is 0 Å². The van der Waals surface area contributed by atoms with E-state index in [2.05, 4.69) is 13.8 Å². The summed E-state index contributed by atoms with van der Waals surface area (Å²) >= 11 is 0. The number of hydrogen-bond donors (Lipinski definition) is 1. The normalized spacial score (nSPS) is 28.1. The first kappa shape index (κ1) is 16.4. The number of aldehydes is 1. The molecule has 1 fully saturated rings. The van der Waals surface area contributed by atoms with Crippen LogP contribution < -0.4 is 0 Å². The zero-order valence-electron chi connectivity index (χ0n) is 13.7. The molecule has 0 heterocycles. The zero-order valence-corrected chi connectivity index (χ0v) is 13.7. The summed E-state index contributed by atoms with van der Waals surface area (Å²) in [5.41, 5.74) is 2.55. The van der Waals surface area contributed by atoms with Gasteiger partial charge in [-0.15, -0.1) is 0 Å². The van der Waals surface area contributed by atoms with Crippen molar-refractivity contribution in [3.8, 4) is 0 Å². The number of carbonyl (C=O) groups excluding carboxylic acids is 2. The predicted molar refractivity (Wildman–Crippen MR) is 86.7 cm³/mol. The highest BCUT2D eigenvalue weighted by molar-refractivity contribution is 6.02. The lowest BCUT2D eigenvalue weighted by molar-refractivity contribution is -0.113. The van der Waals surface area contributed by atoms with Gasteiger partial charge in [-0.25, -0.2) is 9.59 Å². The molecule has 126 valence electrons. The van der Waals surface area contributed by atoms with Gasteiger partial charge in [0.25, 0.3) is 0 Å². The maximum absolute atomic E-state index is 12.3. The van der Waals surface area contributed by atoms with Crippen LogP contribution in [0.3, 0.4) is 0 Å². The fourth-order valence-electron chi connectivity index (χ4n) is 4.24. The van der Waals surface area contributed by atoms with Gasteiger partial charge in [-0.2, -0.15) is 0 Å². The molecule has 24 heavy (non-hydrogen) atoms. The summed E-state index contributed by atoms with van der Waals surface area (Å²) in [6.07, 6.45) is 1.92. The number of aromatic carboxylic acids is 1. The topological polar surface area (TPSA) is 80.7 Å². The number of ether oxygens (including phenoxy) is 1. The fourth-order valence-corrected chi connectivity index (χ4v) is 4.24. The molecule has 3 rings (SSSR count). The summed E-state index contributed by atoms with van der Waals surface area (Å²) < 4.78 is 5.39. The van der Waals surface area contributed by atoms with E-state index >= 15 is 0 Å². The van der Waals surface area contributed by atoms with Gasteiger partial charge in [0.1, 0.15) is 6.29 Å². The van der Waals surface area contributed by atoms with Crippen molar-refractivity contribution in [2.75, 3.05) is 6.61 Å². The molecule has 2 aliphatic carbocycles. The maximum atomic E-state index is 12.3. The van der Waals surface area contributed by atoms with Crippen LogP contribution in [0, 0.1) is 23.7 Å². The number of allylic oxidation sites excluding steroid dienone is 2. The van der Waals surface area contributed by atoms with E-state index in [4.69, 9.17) is 9.84 Å². The SMILES string of the molecule is CC1=C(C)C2CC1C(C=O)C2COC(=O)c1ccccc1C(=O)O. The Labute approximate surface area is 140 Å². The molecule has 1 N–H and O–H groups in total. The maximum Gasteiger partial charge on any atom is 0.339 e. The van der Waals surface area contributed by atoms with E-state index in [0.717, 1.165) is 12.7 Å². The molecular formula is C19H20O5. The summed E-state index contributed by atoms with van der Waals surface area (Å²) in [4.78, 5) is 35.0. The lowest BCUT2D eigenvalue weighted by Crippen LogP contribution is -2.29. The van der Waals surface area contributed by atoms with E-state index in [9.17, 15) is 14.4 Å². The molecule has 0 aliphatic heterocycles. The Kier molecular flexibility index (Phi) is 4.26. The average Bonchev–Trinajstić information content (AvgIpc) is 3.08. The molecular weight excluding hydrogens is 308 g/mol. The lowest BCUT2D eigenvalue weighted by atomic mass is 9.78. The Balaban J connectivity index is 1.74. The predicted octanol–water partition coefficient (Wildman–Crippen LogP) is 2.96. The second-order valence-electron chi connectivity index (χ2n) is 6.64. The quantitative estimate of drug-likeness (QED) is 0.510. The molecule has 0 spiro atoms. The third-order valence-electron chi connectivity index (χ3n) is 5.66. The second-order valence-corrected chi connectivity index (χ2v) is 6.64. The van der Waals surface area contributed by atoms with E-state index in [0.29, 0.717) is 0 Å². The first-order valence-corrected chi connectivity index (χ1v) is 8.07. The fraction of sp³-hybridized carbons (Fsp3) is 0.421. The molecule has 4 unspecified atom stereocenters. The molecule has 2 aliphatic rings. The van der Waals surface area contributed by atoms with Gasteiger partial charge >= 0.3 is 11.9 Å². The van der Waals surface area contributed by atoms with Gasteiger partial charge in [0, 0.05) is 11.8 Å². The molecule has 1 aromatic carbocycles. The molecule has 5 heteroatoms. The molecule has 0 aromatic heterocycles. The van der Waals surface area contributed by atoms with E-state index in [-0.39, 0.29) is 41.4 Å². The average molecular weight is 328 g/mol. The number of carboxylic acids is 1. The number of carbonyl (C=O) groups is 3. The minimum absolute atomic E-state index is 0.0165. The van der Waals surface area contributed by atoms with Crippen LogP contribution in [-0.2, 0) is 9.53 Å². The molecule has 0 saturated heterocycles. The van der Waals surface area contributed by atoms with Crippen molar-refractivity contribution < 1.29 is 24.2 Å². The highest BCUT2D eigenvalue weighted by Gasteiger charge is 2.50. The summed E-state index contributed by atoms with van der Waals surface area (Å²) in [5, 5.41) is 9.16. The Morgan fingerprint density at radius 2 is 1.79 bits per heavy atom. The smallest absolute Gasteiger partial charge is 0.339 e. The van der Waals surface area contributed by atoms with E-state index in [1.807, 2.05) is 0 Å². The van der Waals surface area contributed by atoms with Crippen molar-refractivity contribution in [1.29, 1.82) is 0 Å². The summed E-state index contributed by atoms with van der Waals surface area (Å²) in [5.74, 6) is -1.44. The van der Waals surface area contributed by atoms with Crippen LogP contribution in [0.1, 0.15) is 41.0 Å². The monoisotopic (exact) mass is 328 g/mol. The van der Waals surface area contributed by atoms with Gasteiger partial charge in [-0.3, -0.25) is 0 Å². The largest absolute Gasteiger partial charge is 0.478 e. The van der Waals surface area contributed by atoms with Gasteiger partial charge in [0.05, 0.1) is 17.7 Å². The van der Waals surface area contributed by atoms with Gasteiger partial charge < -0.3 is 14.6 Å². The van der Waals surface area contributed by atoms with Crippen LogP contribution in [0.15, 0.2) is 35.4 Å². The van der Waals surface area contributed by atoms with Crippen molar-refractivity contribution in [2.45, 2.75) is 20.3 Å². The first-order valence-electron chi connectivity index (χ1n) is 8.07. The Morgan fingerprint density at radius 3 is 2.42 bits per heavy atom. The molecule has 1 saturated carbocycles. The number of esters is 1. The summed E-state index contributed by atoms with van der Waals surface area (Å²) in [7, 11) is 0. The number of hydrogen-bond acceptors (Lipinski definition) is 4. The molecule has 0 radical (unpaired) electrons. The van der Waals surface area contributed by atoms with Crippen LogP contribution >= 0.6 is 0 Å². The number of rotatable bonds is 5. The molecule has 2 bridgehead atoms. The van der Waals surface area contributed by atoms with Crippen molar-refractivity contribution in [1.82, 2.24) is 0 Å². The minimum Gasteiger partial charge on any atom is -0.478 e. The van der Waals surface area contributed by atoms with E-state index in [1.165, 1.54) is 23.3 Å². The summed E-state index contributed by atoms with van der Waals surface area (Å²) in [6.45, 7) is 4.29. The molecule has 5 nitrogen and oxygen atoms in total. The van der Waals surface area contributed by atoms with Crippen LogP contribution in [0.5, 0.6) is 0 Å². The zero-order chi connectivity index (χ0) is 17.4. The van der Waals surface area contributed by atoms with Gasteiger partial charge in [-0.05, 0) is 44.2 Å². The van der Waals surface area contributed by atoms with Crippen molar-refractivity contribution in [3.63, 3.8) is 0 Å². The Morgan fingerprint density at radius 1 is 1.17 bits per heavy atom. The molecule has 4 atom stereocenters. The lowest BCUT2D eigenvalue weighted by Gasteiger charge is -2.28. The van der Waals surface area contributed by atoms with E-state index < -0.39 is 11.9 Å². The summed E-state index contributed by atoms with van der Waals surface area (Å²) in [6, 6.07) is 5.99. The first-order chi connectivity index (χ1) is 11.5. The standard InChI is InChI=1S/C19H20O5/c1-10-11(2)15-7-14(10)16(8-20)17(15)9-24-19(23)13-6-4-3-5-12(13)18(21)22/h3-6,8,14-17H,7,9H2,1-2H3,(H,21,22). The molecule has 0 amide bonds. The molecule has 1 aromatic rings. The van der Waals surface area contributed by atoms with Crippen LogP contribution in [0.2, 0.25) is 0 Å². The van der Waals surface area contributed by atoms with E-state index in [1.54, 1.807) is 12.1 Å². The highest BCUT2D eigenvalue weighted by Crippen LogP contribution is 2.54. The van der Waals surface area contributed by atoms with Crippen LogP contribution in [0.4, 0.5) is 0 Å². The Hall–Kier alpha value is -2.43. The van der Waals surface area contributed by atoms with Crippen molar-refractivity contribution in [2.24, 2.45) is 23.7 Å². The van der Waals surface area contributed by atoms with Crippen LogP contribution in [-0.4, -0.2) is 29.9 Å². The second kappa shape index (κ2) is 6.23. The minimum atomic E-state index is -1.16. The number of benzene rings is 1. The van der Waals surface area contributed by atoms with Crippen LogP contribution in [0.25, 0.3) is 0 Å².